The van der Waals surface area contributed by atoms with Crippen LogP contribution in [0.4, 0.5) is 4.39 Å². The van der Waals surface area contributed by atoms with E-state index in [2.05, 4.69) is 10.3 Å². The van der Waals surface area contributed by atoms with Gasteiger partial charge in [-0.15, -0.1) is 0 Å². The number of nitrogens with zero attached hydrogens (tertiary/aromatic N) is 2. The van der Waals surface area contributed by atoms with Gasteiger partial charge < -0.3 is 15.0 Å². The van der Waals surface area contributed by atoms with Gasteiger partial charge in [0.25, 0.3) is 5.91 Å². The normalized spacial score (nSPS) is 14.2. The Kier molecular flexibility index (Phi) is 5.81. The molecule has 6 nitrogen and oxygen atoms in total. The first-order valence-electron chi connectivity index (χ1n) is 8.84. The summed E-state index contributed by atoms with van der Waals surface area (Å²) in [6, 6.07) is 9.05. The molecule has 142 valence electrons. The summed E-state index contributed by atoms with van der Waals surface area (Å²) in [6.07, 6.45) is 0.710. The number of amides is 2. The quantitative estimate of drug-likeness (QED) is 0.759. The molecule has 1 atom stereocenters. The number of carbonyl (C=O) groups excluding carboxylic acids is 2. The molecule has 0 radical (unpaired) electrons. The first-order chi connectivity index (χ1) is 13.0. The summed E-state index contributed by atoms with van der Waals surface area (Å²) in [5.41, 5.74) is 2.21. The highest BCUT2D eigenvalue weighted by Crippen LogP contribution is 2.27. The lowest BCUT2D eigenvalue weighted by molar-refractivity contribution is -0.125. The highest BCUT2D eigenvalue weighted by Gasteiger charge is 2.35. The molecule has 1 aromatic heterocycles. The number of nitrogens with one attached hydrogen (secondary N) is 1. The number of rotatable bonds is 7. The zero-order valence-corrected chi connectivity index (χ0v) is 15.4. The molecule has 7 heteroatoms. The fourth-order valence-corrected chi connectivity index (χ4v) is 3.03. The minimum absolute atomic E-state index is 0.211. The fraction of sp³-hybridized carbons (Fsp3) is 0.350. The monoisotopic (exact) mass is 371 g/mol. The van der Waals surface area contributed by atoms with Crippen molar-refractivity contribution >= 4 is 11.8 Å². The third-order valence-corrected chi connectivity index (χ3v) is 4.57. The third kappa shape index (κ3) is 4.14. The van der Waals surface area contributed by atoms with Crippen molar-refractivity contribution in [2.75, 3.05) is 20.3 Å². The zero-order valence-electron chi connectivity index (χ0n) is 15.4. The smallest absolute Gasteiger partial charge is 0.273 e. The predicted octanol–water partition coefficient (Wildman–Crippen LogP) is 2.38. The van der Waals surface area contributed by atoms with Crippen LogP contribution in [0.15, 0.2) is 36.4 Å². The van der Waals surface area contributed by atoms with Gasteiger partial charge in [-0.1, -0.05) is 18.2 Å². The van der Waals surface area contributed by atoms with Crippen LogP contribution in [0.3, 0.4) is 0 Å². The van der Waals surface area contributed by atoms with Gasteiger partial charge in [-0.3, -0.25) is 9.59 Å². The van der Waals surface area contributed by atoms with Crippen molar-refractivity contribution in [1.82, 2.24) is 15.2 Å². The second-order valence-electron chi connectivity index (χ2n) is 6.46. The number of methoxy groups -OCH3 is 1. The van der Waals surface area contributed by atoms with Crippen molar-refractivity contribution in [3.8, 4) is 11.3 Å². The second kappa shape index (κ2) is 8.26. The molecule has 0 bridgehead atoms. The number of pyridine rings is 1. The number of halogens is 1. The maximum atomic E-state index is 13.5. The van der Waals surface area contributed by atoms with Crippen LogP contribution in [-0.2, 0) is 16.1 Å². The van der Waals surface area contributed by atoms with E-state index in [0.717, 1.165) is 5.56 Å². The van der Waals surface area contributed by atoms with Gasteiger partial charge >= 0.3 is 0 Å². The van der Waals surface area contributed by atoms with Gasteiger partial charge in [-0.25, -0.2) is 9.37 Å². The van der Waals surface area contributed by atoms with E-state index in [9.17, 15) is 14.0 Å². The van der Waals surface area contributed by atoms with E-state index in [1.165, 1.54) is 17.0 Å². The third-order valence-electron chi connectivity index (χ3n) is 4.57. The Hall–Kier alpha value is -2.80. The standard InChI is InChI=1S/C20H22FN3O3/c1-13(19(25)22-9-4-10-27-2)24-12-15-7-8-17(23-18(15)20(24)26)14-5-3-6-16(21)11-14/h3,5-8,11,13H,4,9-10,12H2,1-2H3,(H,22,25)/t13-/m1/s1. The van der Waals surface area contributed by atoms with Gasteiger partial charge in [-0.2, -0.15) is 0 Å². The summed E-state index contributed by atoms with van der Waals surface area (Å²) < 4.78 is 18.4. The van der Waals surface area contributed by atoms with Crippen molar-refractivity contribution in [2.24, 2.45) is 0 Å². The molecule has 0 fully saturated rings. The molecule has 3 rings (SSSR count). The first-order valence-corrected chi connectivity index (χ1v) is 8.84. The van der Waals surface area contributed by atoms with E-state index in [0.29, 0.717) is 43.1 Å². The number of ether oxygens (including phenoxy) is 1. The molecule has 0 saturated heterocycles. The maximum absolute atomic E-state index is 13.5. The van der Waals surface area contributed by atoms with Gasteiger partial charge in [-0.05, 0) is 31.5 Å². The first kappa shape index (κ1) is 19.0. The molecular weight excluding hydrogens is 349 g/mol. The summed E-state index contributed by atoms with van der Waals surface area (Å²) in [5.74, 6) is -0.859. The van der Waals surface area contributed by atoms with Crippen molar-refractivity contribution in [3.63, 3.8) is 0 Å². The fourth-order valence-electron chi connectivity index (χ4n) is 3.03. The molecule has 1 aromatic carbocycles. The predicted molar refractivity (Wildman–Crippen MR) is 98.5 cm³/mol. The number of hydrogen-bond acceptors (Lipinski definition) is 4. The highest BCUT2D eigenvalue weighted by atomic mass is 19.1. The van der Waals surface area contributed by atoms with Crippen LogP contribution >= 0.6 is 0 Å². The van der Waals surface area contributed by atoms with Gasteiger partial charge in [0.1, 0.15) is 17.6 Å². The molecule has 2 amide bonds. The number of carbonyl (C=O) groups is 2. The Morgan fingerprint density at radius 3 is 2.93 bits per heavy atom. The van der Waals surface area contributed by atoms with E-state index in [-0.39, 0.29) is 17.6 Å². The van der Waals surface area contributed by atoms with Crippen LogP contribution in [0, 0.1) is 5.82 Å². The molecule has 0 unspecified atom stereocenters. The van der Waals surface area contributed by atoms with Crippen molar-refractivity contribution in [3.05, 3.63) is 53.5 Å². The average Bonchev–Trinajstić information content (AvgIpc) is 3.00. The molecule has 1 N–H and O–H groups in total. The molecule has 2 heterocycles. The minimum atomic E-state index is -0.605. The highest BCUT2D eigenvalue weighted by molar-refractivity contribution is 5.99. The molecular formula is C20H22FN3O3. The van der Waals surface area contributed by atoms with E-state index in [1.807, 2.05) is 6.07 Å². The average molecular weight is 371 g/mol. The minimum Gasteiger partial charge on any atom is -0.385 e. The number of aromatic nitrogens is 1. The Labute approximate surface area is 157 Å². The molecule has 1 aliphatic heterocycles. The van der Waals surface area contributed by atoms with Crippen LogP contribution < -0.4 is 5.32 Å². The van der Waals surface area contributed by atoms with Crippen LogP contribution in [0.2, 0.25) is 0 Å². The van der Waals surface area contributed by atoms with Crippen molar-refractivity contribution < 1.29 is 18.7 Å². The summed E-state index contributed by atoms with van der Waals surface area (Å²) in [6.45, 7) is 3.09. The number of benzene rings is 1. The van der Waals surface area contributed by atoms with Gasteiger partial charge in [0.2, 0.25) is 5.91 Å². The van der Waals surface area contributed by atoms with Crippen LogP contribution in [0.25, 0.3) is 11.3 Å². The van der Waals surface area contributed by atoms with E-state index in [1.54, 1.807) is 32.2 Å². The van der Waals surface area contributed by atoms with E-state index < -0.39 is 6.04 Å². The van der Waals surface area contributed by atoms with E-state index >= 15 is 0 Å². The van der Waals surface area contributed by atoms with Gasteiger partial charge in [0, 0.05) is 37.9 Å². The SMILES string of the molecule is COCCCNC(=O)[C@@H](C)N1Cc2ccc(-c3cccc(F)c3)nc2C1=O. The van der Waals surface area contributed by atoms with Crippen LogP contribution in [0.1, 0.15) is 29.4 Å². The topological polar surface area (TPSA) is 71.5 Å². The summed E-state index contributed by atoms with van der Waals surface area (Å²) >= 11 is 0. The van der Waals surface area contributed by atoms with Gasteiger partial charge in [0.05, 0.1) is 5.69 Å². The lowest BCUT2D eigenvalue weighted by Gasteiger charge is -2.23. The van der Waals surface area contributed by atoms with Crippen LogP contribution in [0.5, 0.6) is 0 Å². The zero-order chi connectivity index (χ0) is 19.4. The van der Waals surface area contributed by atoms with E-state index in [4.69, 9.17) is 4.74 Å². The lowest BCUT2D eigenvalue weighted by Crippen LogP contribution is -2.45. The van der Waals surface area contributed by atoms with Crippen LogP contribution in [-0.4, -0.2) is 48.0 Å². The Morgan fingerprint density at radius 1 is 1.37 bits per heavy atom. The Morgan fingerprint density at radius 2 is 2.19 bits per heavy atom. The van der Waals surface area contributed by atoms with Crippen molar-refractivity contribution in [1.29, 1.82) is 0 Å². The van der Waals surface area contributed by atoms with Crippen molar-refractivity contribution in [2.45, 2.75) is 25.9 Å². The summed E-state index contributed by atoms with van der Waals surface area (Å²) in [5, 5.41) is 2.81. The maximum Gasteiger partial charge on any atom is 0.273 e. The second-order valence-corrected chi connectivity index (χ2v) is 6.46. The lowest BCUT2D eigenvalue weighted by atomic mass is 10.1. The Balaban J connectivity index is 1.72. The molecule has 0 saturated carbocycles. The Bertz CT molecular complexity index is 856. The number of hydrogen-bond donors (Lipinski definition) is 1. The number of fused-ring (bicyclic) bond motifs is 1. The molecule has 2 aromatic rings. The summed E-state index contributed by atoms with van der Waals surface area (Å²) in [4.78, 5) is 31.0. The molecule has 27 heavy (non-hydrogen) atoms. The molecule has 0 spiro atoms. The largest absolute Gasteiger partial charge is 0.385 e. The molecule has 0 aliphatic carbocycles. The summed E-state index contributed by atoms with van der Waals surface area (Å²) in [7, 11) is 1.61. The molecule has 1 aliphatic rings. The van der Waals surface area contributed by atoms with Gasteiger partial charge in [0.15, 0.2) is 0 Å².